The fourth-order valence-electron chi connectivity index (χ4n) is 3.95. The zero-order valence-electron chi connectivity index (χ0n) is 18.1. The second-order valence-electron chi connectivity index (χ2n) is 8.10. The van der Waals surface area contributed by atoms with Crippen LogP contribution in [-0.2, 0) is 17.9 Å². The van der Waals surface area contributed by atoms with Crippen molar-refractivity contribution in [2.24, 2.45) is 0 Å². The van der Waals surface area contributed by atoms with Crippen LogP contribution in [0.3, 0.4) is 0 Å². The molecule has 0 saturated carbocycles. The molecule has 32 heavy (non-hydrogen) atoms. The summed E-state index contributed by atoms with van der Waals surface area (Å²) in [6, 6.07) is 15.5. The number of benzene rings is 2. The van der Waals surface area contributed by atoms with Gasteiger partial charge in [0.2, 0.25) is 5.91 Å². The lowest BCUT2D eigenvalue weighted by molar-refractivity contribution is -0.121. The predicted molar refractivity (Wildman–Crippen MR) is 126 cm³/mol. The van der Waals surface area contributed by atoms with Gasteiger partial charge in [-0.05, 0) is 55.7 Å². The number of hydrogen-bond donors (Lipinski definition) is 2. The summed E-state index contributed by atoms with van der Waals surface area (Å²) in [5, 5.41) is 10.1. The van der Waals surface area contributed by atoms with Crippen molar-refractivity contribution < 1.29 is 9.59 Å². The Kier molecular flexibility index (Phi) is 6.80. The maximum Gasteiger partial charge on any atom is 0.253 e. The van der Waals surface area contributed by atoms with Crippen LogP contribution in [0.2, 0.25) is 0 Å². The Morgan fingerprint density at radius 2 is 1.91 bits per heavy atom. The van der Waals surface area contributed by atoms with E-state index < -0.39 is 0 Å². The lowest BCUT2D eigenvalue weighted by Gasteiger charge is -2.15. The summed E-state index contributed by atoms with van der Waals surface area (Å²) >= 11 is 5.36. The van der Waals surface area contributed by atoms with Crippen LogP contribution in [-0.4, -0.2) is 44.6 Å². The SMILES string of the molecule is Cc1cccc(-c2n[nH]c(=S)n2CCC(=O)NCc2cccc(C(=O)N3CCCC3)c2)c1. The molecule has 4 rings (SSSR count). The molecule has 0 spiro atoms. The summed E-state index contributed by atoms with van der Waals surface area (Å²) in [5.74, 6) is 0.702. The minimum atomic E-state index is -0.0837. The van der Waals surface area contributed by atoms with Crippen LogP contribution < -0.4 is 5.32 Å². The topological polar surface area (TPSA) is 83.0 Å². The molecule has 2 amide bonds. The minimum absolute atomic E-state index is 0.0636. The molecule has 2 N–H and O–H groups in total. The number of hydrogen-bond acceptors (Lipinski definition) is 4. The van der Waals surface area contributed by atoms with Crippen LogP contribution in [0, 0.1) is 11.7 Å². The first kappa shape index (κ1) is 22.0. The van der Waals surface area contributed by atoms with E-state index in [1.54, 1.807) is 0 Å². The molecule has 0 radical (unpaired) electrons. The van der Waals surface area contributed by atoms with Crippen LogP contribution in [0.5, 0.6) is 0 Å². The summed E-state index contributed by atoms with van der Waals surface area (Å²) in [6.45, 7) is 4.47. The third-order valence-electron chi connectivity index (χ3n) is 5.65. The third kappa shape index (κ3) is 5.13. The Labute approximate surface area is 192 Å². The van der Waals surface area contributed by atoms with Gasteiger partial charge in [0.15, 0.2) is 10.6 Å². The number of amides is 2. The Bertz CT molecular complexity index is 1180. The zero-order chi connectivity index (χ0) is 22.5. The fraction of sp³-hybridized carbons (Fsp3) is 0.333. The van der Waals surface area contributed by atoms with Gasteiger partial charge >= 0.3 is 0 Å². The number of aromatic nitrogens is 3. The second kappa shape index (κ2) is 9.91. The summed E-state index contributed by atoms with van der Waals surface area (Å²) < 4.78 is 2.33. The maximum absolute atomic E-state index is 12.6. The number of H-pyrrole nitrogens is 1. The molecular formula is C24H27N5O2S. The van der Waals surface area contributed by atoms with E-state index in [0.29, 0.717) is 23.4 Å². The van der Waals surface area contributed by atoms with E-state index in [0.717, 1.165) is 48.4 Å². The van der Waals surface area contributed by atoms with Gasteiger partial charge in [-0.1, -0.05) is 35.9 Å². The normalized spacial score (nSPS) is 13.3. The monoisotopic (exact) mass is 449 g/mol. The van der Waals surface area contributed by atoms with Gasteiger partial charge in [0.25, 0.3) is 5.91 Å². The quantitative estimate of drug-likeness (QED) is 0.537. The Balaban J connectivity index is 1.35. The standard InChI is InChI=1S/C24H27N5O2S/c1-17-6-4-8-19(14-17)22-26-27-24(32)29(22)13-10-21(30)25-16-18-7-5-9-20(15-18)23(31)28-11-2-3-12-28/h4-9,14-15H,2-3,10-13,16H2,1H3,(H,25,30)(H,27,32). The first-order valence-corrected chi connectivity index (χ1v) is 11.3. The van der Waals surface area contributed by atoms with E-state index >= 15 is 0 Å². The van der Waals surface area contributed by atoms with Crippen LogP contribution >= 0.6 is 12.2 Å². The largest absolute Gasteiger partial charge is 0.352 e. The molecule has 1 aliphatic rings. The lowest BCUT2D eigenvalue weighted by Crippen LogP contribution is -2.28. The molecule has 1 aromatic heterocycles. The smallest absolute Gasteiger partial charge is 0.253 e. The average Bonchev–Trinajstić information content (AvgIpc) is 3.46. The second-order valence-corrected chi connectivity index (χ2v) is 8.49. The van der Waals surface area contributed by atoms with Crippen molar-refractivity contribution in [1.29, 1.82) is 0 Å². The highest BCUT2D eigenvalue weighted by molar-refractivity contribution is 7.71. The number of carbonyl (C=O) groups is 2. The molecule has 0 atom stereocenters. The highest BCUT2D eigenvalue weighted by Crippen LogP contribution is 2.19. The maximum atomic E-state index is 12.6. The number of aryl methyl sites for hydroxylation is 1. The molecule has 0 bridgehead atoms. The molecular weight excluding hydrogens is 422 g/mol. The number of carbonyl (C=O) groups excluding carboxylic acids is 2. The van der Waals surface area contributed by atoms with Gasteiger partial charge < -0.3 is 10.2 Å². The third-order valence-corrected chi connectivity index (χ3v) is 5.97. The van der Waals surface area contributed by atoms with E-state index in [1.165, 1.54) is 0 Å². The number of aromatic amines is 1. The molecule has 8 heteroatoms. The summed E-state index contributed by atoms with van der Waals surface area (Å²) in [4.78, 5) is 27.0. The van der Waals surface area contributed by atoms with Gasteiger partial charge in [-0.2, -0.15) is 5.10 Å². The summed E-state index contributed by atoms with van der Waals surface area (Å²) in [7, 11) is 0. The first-order chi connectivity index (χ1) is 15.5. The Hall–Kier alpha value is -3.26. The summed E-state index contributed by atoms with van der Waals surface area (Å²) in [6.07, 6.45) is 2.40. The van der Waals surface area contributed by atoms with E-state index in [2.05, 4.69) is 15.5 Å². The average molecular weight is 450 g/mol. The molecule has 1 saturated heterocycles. The molecule has 1 fully saturated rings. The Morgan fingerprint density at radius 3 is 2.69 bits per heavy atom. The molecule has 0 aliphatic carbocycles. The predicted octanol–water partition coefficient (Wildman–Crippen LogP) is 3.86. The van der Waals surface area contributed by atoms with E-state index in [1.807, 2.05) is 64.9 Å². The molecule has 7 nitrogen and oxygen atoms in total. The van der Waals surface area contributed by atoms with Gasteiger partial charge in [0.05, 0.1) is 0 Å². The summed E-state index contributed by atoms with van der Waals surface area (Å²) in [5.41, 5.74) is 3.67. The molecule has 2 heterocycles. The van der Waals surface area contributed by atoms with Gasteiger partial charge in [0.1, 0.15) is 0 Å². The van der Waals surface area contributed by atoms with Crippen molar-refractivity contribution in [1.82, 2.24) is 25.0 Å². The van der Waals surface area contributed by atoms with Crippen molar-refractivity contribution in [2.75, 3.05) is 13.1 Å². The molecule has 166 valence electrons. The van der Waals surface area contributed by atoms with Gasteiger partial charge in [-0.25, -0.2) is 0 Å². The van der Waals surface area contributed by atoms with E-state index in [4.69, 9.17) is 12.2 Å². The number of rotatable bonds is 7. The number of likely N-dealkylation sites (tertiary alicyclic amines) is 1. The van der Waals surface area contributed by atoms with Crippen LogP contribution in [0.25, 0.3) is 11.4 Å². The molecule has 3 aromatic rings. The van der Waals surface area contributed by atoms with E-state index in [-0.39, 0.29) is 18.2 Å². The minimum Gasteiger partial charge on any atom is -0.352 e. The van der Waals surface area contributed by atoms with Crippen molar-refractivity contribution in [2.45, 2.75) is 39.3 Å². The zero-order valence-corrected chi connectivity index (χ0v) is 19.0. The van der Waals surface area contributed by atoms with Crippen molar-refractivity contribution >= 4 is 24.0 Å². The van der Waals surface area contributed by atoms with Crippen LogP contribution in [0.1, 0.15) is 40.7 Å². The molecule has 1 aliphatic heterocycles. The van der Waals surface area contributed by atoms with Crippen molar-refractivity contribution in [3.8, 4) is 11.4 Å². The van der Waals surface area contributed by atoms with E-state index in [9.17, 15) is 9.59 Å². The van der Waals surface area contributed by atoms with Gasteiger partial charge in [0, 0.05) is 43.7 Å². The van der Waals surface area contributed by atoms with Crippen LogP contribution in [0.4, 0.5) is 0 Å². The lowest BCUT2D eigenvalue weighted by atomic mass is 10.1. The number of nitrogens with one attached hydrogen (secondary N) is 2. The van der Waals surface area contributed by atoms with Crippen molar-refractivity contribution in [3.05, 3.63) is 70.0 Å². The molecule has 0 unspecified atom stereocenters. The molecule has 2 aromatic carbocycles. The number of nitrogens with zero attached hydrogens (tertiary/aromatic N) is 3. The fourth-order valence-corrected chi connectivity index (χ4v) is 4.17. The highest BCUT2D eigenvalue weighted by atomic mass is 32.1. The first-order valence-electron chi connectivity index (χ1n) is 10.9. The van der Waals surface area contributed by atoms with Crippen molar-refractivity contribution in [3.63, 3.8) is 0 Å². The van der Waals surface area contributed by atoms with Crippen LogP contribution in [0.15, 0.2) is 48.5 Å². The van der Waals surface area contributed by atoms with Gasteiger partial charge in [-0.15, -0.1) is 0 Å². The Morgan fingerprint density at radius 1 is 1.12 bits per heavy atom. The van der Waals surface area contributed by atoms with Gasteiger partial charge in [-0.3, -0.25) is 19.3 Å². The highest BCUT2D eigenvalue weighted by Gasteiger charge is 2.19.